The van der Waals surface area contributed by atoms with Crippen LogP contribution in [0.15, 0.2) is 117 Å². The monoisotopic (exact) mass is 626 g/mol. The van der Waals surface area contributed by atoms with Gasteiger partial charge in [-0.3, -0.25) is 18.7 Å². The highest BCUT2D eigenvalue weighted by Crippen LogP contribution is 2.26. The molecule has 220 valence electrons. The van der Waals surface area contributed by atoms with E-state index in [9.17, 15) is 20.1 Å². The Morgan fingerprint density at radius 3 is 1.42 bits per heavy atom. The van der Waals surface area contributed by atoms with Gasteiger partial charge in [0.15, 0.2) is 10.3 Å². The Morgan fingerprint density at radius 2 is 0.978 bits per heavy atom. The van der Waals surface area contributed by atoms with Crippen LogP contribution in [0, 0.1) is 22.7 Å². The van der Waals surface area contributed by atoms with Gasteiger partial charge < -0.3 is 0 Å². The van der Waals surface area contributed by atoms with Crippen molar-refractivity contribution in [1.82, 2.24) is 19.1 Å². The Bertz CT molecular complexity index is 2090. The van der Waals surface area contributed by atoms with E-state index in [2.05, 4.69) is 12.1 Å². The lowest BCUT2D eigenvalue weighted by molar-refractivity contribution is 0.489. The summed E-state index contributed by atoms with van der Waals surface area (Å²) in [6, 6.07) is 33.8. The highest BCUT2D eigenvalue weighted by Gasteiger charge is 2.16. The Kier molecular flexibility index (Phi) is 9.06. The van der Waals surface area contributed by atoms with E-state index in [0.29, 0.717) is 74.3 Å². The van der Waals surface area contributed by atoms with Crippen molar-refractivity contribution in [2.45, 2.75) is 41.3 Å². The number of fused-ring (bicyclic) bond motifs is 2. The van der Waals surface area contributed by atoms with Gasteiger partial charge in [-0.05, 0) is 53.9 Å². The van der Waals surface area contributed by atoms with Crippen molar-refractivity contribution in [3.63, 3.8) is 0 Å². The van der Waals surface area contributed by atoms with Crippen LogP contribution in [0.5, 0.6) is 0 Å². The number of thioether (sulfide) groups is 2. The molecule has 45 heavy (non-hydrogen) atoms. The molecule has 0 radical (unpaired) electrons. The van der Waals surface area contributed by atoms with E-state index < -0.39 is 0 Å². The van der Waals surface area contributed by atoms with Crippen LogP contribution in [0.25, 0.3) is 21.8 Å². The molecular weight excluding hydrogens is 601 g/mol. The molecule has 2 heterocycles. The fourth-order valence-corrected chi connectivity index (χ4v) is 7.15. The van der Waals surface area contributed by atoms with Gasteiger partial charge in [0.25, 0.3) is 11.1 Å². The minimum atomic E-state index is -0.150. The molecule has 0 saturated heterocycles. The van der Waals surface area contributed by atoms with E-state index in [1.54, 1.807) is 33.4 Å². The molecule has 0 N–H and O–H groups in total. The summed E-state index contributed by atoms with van der Waals surface area (Å²) in [6.45, 7) is 0.666. The first-order valence-corrected chi connectivity index (χ1v) is 16.3. The molecule has 0 aliphatic rings. The standard InChI is InChI=1S/C35H26N6O2S2/c36-20-24-10-1-3-12-26(24)22-44-34-38-30-16-7-5-14-28(30)32(42)40(34)18-9-19-41-33(43)29-15-6-8-17-31(29)39-35(41)45-23-27-13-4-2-11-25(27)21-37/h1-8,10-17H,9,18-19,22-23H2. The second kappa shape index (κ2) is 13.6. The van der Waals surface area contributed by atoms with Crippen LogP contribution in [0.3, 0.4) is 0 Å². The lowest BCUT2D eigenvalue weighted by Crippen LogP contribution is -2.27. The van der Waals surface area contributed by atoms with E-state index >= 15 is 0 Å². The van der Waals surface area contributed by atoms with Crippen molar-refractivity contribution in [2.75, 3.05) is 0 Å². The Morgan fingerprint density at radius 1 is 0.578 bits per heavy atom. The summed E-state index contributed by atoms with van der Waals surface area (Å²) in [5.41, 5.74) is 3.84. The van der Waals surface area contributed by atoms with Gasteiger partial charge in [-0.1, -0.05) is 84.2 Å². The SMILES string of the molecule is N#Cc1ccccc1CSc1nc2ccccc2c(=O)n1CCCn1c(SCc2ccccc2C#N)nc2ccccc2c1=O. The number of nitriles is 2. The summed E-state index contributed by atoms with van der Waals surface area (Å²) in [5.74, 6) is 0.959. The third-order valence-corrected chi connectivity index (χ3v) is 9.46. The first kappa shape index (κ1) is 29.9. The average molecular weight is 627 g/mol. The molecule has 6 aromatic rings. The van der Waals surface area contributed by atoms with Crippen molar-refractivity contribution in [2.24, 2.45) is 0 Å². The summed E-state index contributed by atoms with van der Waals surface area (Å²) in [5, 5.41) is 21.2. The molecule has 0 spiro atoms. The summed E-state index contributed by atoms with van der Waals surface area (Å²) in [6.07, 6.45) is 0.477. The van der Waals surface area contributed by atoms with E-state index in [0.717, 1.165) is 11.1 Å². The first-order valence-electron chi connectivity index (χ1n) is 14.3. The Balaban J connectivity index is 1.30. The molecule has 6 rings (SSSR count). The number of benzene rings is 4. The van der Waals surface area contributed by atoms with Gasteiger partial charge in [0.2, 0.25) is 0 Å². The number of rotatable bonds is 10. The molecular formula is C35H26N6O2S2. The Labute approximate surface area is 267 Å². The first-order chi connectivity index (χ1) is 22.1. The van der Waals surface area contributed by atoms with E-state index in [-0.39, 0.29) is 11.1 Å². The maximum Gasteiger partial charge on any atom is 0.262 e. The molecule has 0 amide bonds. The largest absolute Gasteiger partial charge is 0.287 e. The van der Waals surface area contributed by atoms with Gasteiger partial charge in [-0.15, -0.1) is 0 Å². The number of para-hydroxylation sites is 2. The minimum absolute atomic E-state index is 0.150. The molecule has 8 nitrogen and oxygen atoms in total. The number of aromatic nitrogens is 4. The van der Waals surface area contributed by atoms with Crippen LogP contribution >= 0.6 is 23.5 Å². The van der Waals surface area contributed by atoms with Gasteiger partial charge in [-0.25, -0.2) is 9.97 Å². The third kappa shape index (κ3) is 6.39. The number of nitrogens with zero attached hydrogens (tertiary/aromatic N) is 6. The highest BCUT2D eigenvalue weighted by molar-refractivity contribution is 7.98. The second-order valence-electron chi connectivity index (χ2n) is 10.2. The van der Waals surface area contributed by atoms with Crippen molar-refractivity contribution >= 4 is 45.3 Å². The molecule has 4 aromatic carbocycles. The molecule has 0 atom stereocenters. The average Bonchev–Trinajstić information content (AvgIpc) is 3.08. The zero-order chi connectivity index (χ0) is 31.2. The van der Waals surface area contributed by atoms with Crippen LogP contribution in [-0.4, -0.2) is 19.1 Å². The second-order valence-corrected chi connectivity index (χ2v) is 12.1. The molecule has 2 aromatic heterocycles. The normalized spacial score (nSPS) is 11.0. The van der Waals surface area contributed by atoms with Crippen molar-refractivity contribution in [3.05, 3.63) is 140 Å². The molecule has 0 unspecified atom stereocenters. The van der Waals surface area contributed by atoms with Gasteiger partial charge >= 0.3 is 0 Å². The van der Waals surface area contributed by atoms with Crippen molar-refractivity contribution < 1.29 is 0 Å². The van der Waals surface area contributed by atoms with E-state index in [1.807, 2.05) is 72.8 Å². The summed E-state index contributed by atoms with van der Waals surface area (Å²) in [4.78, 5) is 37.0. The van der Waals surface area contributed by atoms with Crippen LogP contribution in [0.4, 0.5) is 0 Å². The van der Waals surface area contributed by atoms with Crippen molar-refractivity contribution in [3.8, 4) is 12.1 Å². The van der Waals surface area contributed by atoms with Crippen LogP contribution in [-0.2, 0) is 24.6 Å². The molecule has 0 fully saturated rings. The lowest BCUT2D eigenvalue weighted by atomic mass is 10.1. The molecule has 0 aliphatic heterocycles. The summed E-state index contributed by atoms with van der Waals surface area (Å²) >= 11 is 2.82. The van der Waals surface area contributed by atoms with Crippen LogP contribution in [0.1, 0.15) is 28.7 Å². The molecule has 10 heteroatoms. The van der Waals surface area contributed by atoms with Crippen LogP contribution in [0.2, 0.25) is 0 Å². The maximum absolute atomic E-state index is 13.7. The zero-order valence-corrected chi connectivity index (χ0v) is 25.7. The van der Waals surface area contributed by atoms with Gasteiger partial charge in [0.05, 0.1) is 45.1 Å². The van der Waals surface area contributed by atoms with E-state index in [4.69, 9.17) is 9.97 Å². The third-order valence-electron chi connectivity index (χ3n) is 7.41. The van der Waals surface area contributed by atoms with Gasteiger partial charge in [0.1, 0.15) is 0 Å². The smallest absolute Gasteiger partial charge is 0.262 e. The van der Waals surface area contributed by atoms with Gasteiger partial charge in [0, 0.05) is 24.6 Å². The fourth-order valence-electron chi connectivity index (χ4n) is 5.09. The highest BCUT2D eigenvalue weighted by atomic mass is 32.2. The van der Waals surface area contributed by atoms with Gasteiger partial charge in [-0.2, -0.15) is 10.5 Å². The lowest BCUT2D eigenvalue weighted by Gasteiger charge is -2.16. The predicted molar refractivity (Wildman–Crippen MR) is 178 cm³/mol. The summed E-state index contributed by atoms with van der Waals surface area (Å²) in [7, 11) is 0. The number of hydrogen-bond donors (Lipinski definition) is 0. The quantitative estimate of drug-likeness (QED) is 0.125. The zero-order valence-electron chi connectivity index (χ0n) is 24.1. The minimum Gasteiger partial charge on any atom is -0.287 e. The topological polar surface area (TPSA) is 117 Å². The summed E-state index contributed by atoms with van der Waals surface area (Å²) < 4.78 is 3.33. The molecule has 0 aliphatic carbocycles. The van der Waals surface area contributed by atoms with Crippen LogP contribution < -0.4 is 11.1 Å². The maximum atomic E-state index is 13.7. The van der Waals surface area contributed by atoms with E-state index in [1.165, 1.54) is 23.5 Å². The predicted octanol–water partition coefficient (Wildman–Crippen LogP) is 6.52. The molecule has 0 bridgehead atoms. The number of hydrogen-bond acceptors (Lipinski definition) is 8. The van der Waals surface area contributed by atoms with Crippen molar-refractivity contribution in [1.29, 1.82) is 10.5 Å². The fraction of sp³-hybridized carbons (Fsp3) is 0.143. The molecule has 0 saturated carbocycles. The Hall–Kier alpha value is -5.16.